The number of aryl methyl sites for hydroxylation is 2. The van der Waals surface area contributed by atoms with E-state index < -0.39 is 22.2 Å². The monoisotopic (exact) mass is 474 g/mol. The quantitative estimate of drug-likeness (QED) is 0.486. The summed E-state index contributed by atoms with van der Waals surface area (Å²) in [6.45, 7) is 18.6. The van der Waals surface area contributed by atoms with E-state index in [1.54, 1.807) is 6.20 Å². The minimum atomic E-state index is -0.695. The first-order valence-electron chi connectivity index (χ1n) is 12.2. The molecule has 1 aliphatic rings. The summed E-state index contributed by atoms with van der Waals surface area (Å²) in [6, 6.07) is 11.4. The normalized spacial score (nSPS) is 20.2. The number of amides is 2. The molecule has 2 aromatic heterocycles. The largest absolute Gasteiger partial charge is 0.348 e. The zero-order valence-corrected chi connectivity index (χ0v) is 22.7. The fourth-order valence-corrected chi connectivity index (χ4v) is 6.01. The number of hydrogen-bond acceptors (Lipinski definition) is 3. The van der Waals surface area contributed by atoms with Crippen LogP contribution in [0.1, 0.15) is 81.7 Å². The lowest BCUT2D eigenvalue weighted by molar-refractivity contribution is -0.170. The Morgan fingerprint density at radius 3 is 1.74 bits per heavy atom. The minimum absolute atomic E-state index is 0.0312. The van der Waals surface area contributed by atoms with Gasteiger partial charge in [0.15, 0.2) is 0 Å². The first-order valence-corrected chi connectivity index (χ1v) is 12.2. The van der Waals surface area contributed by atoms with Gasteiger partial charge in [-0.2, -0.15) is 0 Å². The van der Waals surface area contributed by atoms with Gasteiger partial charge in [0, 0.05) is 25.0 Å². The number of carbonyl (C=O) groups excluding carboxylic acids is 2. The molecule has 0 N–H and O–H groups in total. The zero-order valence-electron chi connectivity index (χ0n) is 22.7. The van der Waals surface area contributed by atoms with E-state index in [1.807, 2.05) is 70.9 Å². The molecule has 6 nitrogen and oxygen atoms in total. The SMILES string of the molecule is Cc1ccnc2c(C(=O)N3C(C)(C)C(C)(C)N(C(=O)c4ccccc4)C(C)(C)C3(C)C)cn(C)c12. The van der Waals surface area contributed by atoms with Crippen LogP contribution in [0, 0.1) is 6.92 Å². The fraction of sp³-hybridized carbons (Fsp3) is 0.483. The second-order valence-electron chi connectivity index (χ2n) is 11.9. The fourth-order valence-electron chi connectivity index (χ4n) is 6.01. The Morgan fingerprint density at radius 1 is 0.743 bits per heavy atom. The van der Waals surface area contributed by atoms with E-state index in [4.69, 9.17) is 0 Å². The van der Waals surface area contributed by atoms with Gasteiger partial charge in [-0.1, -0.05) is 18.2 Å². The summed E-state index contributed by atoms with van der Waals surface area (Å²) in [6.07, 6.45) is 3.65. The molecule has 3 heterocycles. The molecule has 1 aliphatic heterocycles. The third-order valence-electron chi connectivity index (χ3n) is 8.94. The molecule has 3 aromatic rings. The van der Waals surface area contributed by atoms with Crippen molar-refractivity contribution in [3.8, 4) is 0 Å². The lowest BCUT2D eigenvalue weighted by Gasteiger charge is -2.71. The predicted molar refractivity (Wildman–Crippen MR) is 141 cm³/mol. The van der Waals surface area contributed by atoms with E-state index in [-0.39, 0.29) is 11.8 Å². The molecule has 1 saturated heterocycles. The molecular formula is C29H38N4O2. The number of nitrogens with zero attached hydrogens (tertiary/aromatic N) is 4. The highest BCUT2D eigenvalue weighted by Crippen LogP contribution is 2.52. The van der Waals surface area contributed by atoms with Crippen molar-refractivity contribution in [2.75, 3.05) is 0 Å². The summed E-state index contributed by atoms with van der Waals surface area (Å²) in [5.74, 6) is -0.104. The van der Waals surface area contributed by atoms with Crippen LogP contribution in [0.2, 0.25) is 0 Å². The second-order valence-corrected chi connectivity index (χ2v) is 11.9. The summed E-state index contributed by atoms with van der Waals surface area (Å²) in [5, 5.41) is 0. The Labute approximate surface area is 208 Å². The van der Waals surface area contributed by atoms with Crippen molar-refractivity contribution in [3.63, 3.8) is 0 Å². The molecule has 35 heavy (non-hydrogen) atoms. The molecule has 0 radical (unpaired) electrons. The first-order chi connectivity index (χ1) is 16.1. The van der Waals surface area contributed by atoms with Gasteiger partial charge in [-0.3, -0.25) is 14.6 Å². The standard InChI is InChI=1S/C29H38N4O2/c1-19-16-17-30-22-21(18-31(10)23(19)22)25(35)33-28(6,7)26(2,3)32(27(4,5)29(33,8)9)24(34)20-14-12-11-13-15-20/h11-18H,1-10H3. The Bertz CT molecular complexity index is 1290. The lowest BCUT2D eigenvalue weighted by atomic mass is 9.64. The molecule has 0 saturated carbocycles. The molecule has 0 bridgehead atoms. The Kier molecular flexibility index (Phi) is 5.47. The van der Waals surface area contributed by atoms with E-state index >= 15 is 0 Å². The Hall–Kier alpha value is -3.15. The van der Waals surface area contributed by atoms with Gasteiger partial charge in [-0.05, 0) is 86.1 Å². The van der Waals surface area contributed by atoms with Gasteiger partial charge in [0.05, 0.1) is 33.2 Å². The number of aromatic nitrogens is 2. The van der Waals surface area contributed by atoms with E-state index in [2.05, 4.69) is 60.4 Å². The van der Waals surface area contributed by atoms with Crippen molar-refractivity contribution >= 4 is 22.8 Å². The van der Waals surface area contributed by atoms with Crippen molar-refractivity contribution in [1.82, 2.24) is 19.4 Å². The van der Waals surface area contributed by atoms with Gasteiger partial charge in [-0.15, -0.1) is 0 Å². The number of fused-ring (bicyclic) bond motifs is 1. The molecule has 2 amide bonds. The summed E-state index contributed by atoms with van der Waals surface area (Å²) >= 11 is 0. The van der Waals surface area contributed by atoms with Crippen molar-refractivity contribution < 1.29 is 9.59 Å². The number of carbonyl (C=O) groups is 2. The molecule has 186 valence electrons. The van der Waals surface area contributed by atoms with Crippen LogP contribution in [0.4, 0.5) is 0 Å². The molecule has 0 unspecified atom stereocenters. The van der Waals surface area contributed by atoms with Crippen molar-refractivity contribution in [2.24, 2.45) is 7.05 Å². The lowest BCUT2D eigenvalue weighted by Crippen LogP contribution is -2.85. The van der Waals surface area contributed by atoms with Crippen molar-refractivity contribution in [2.45, 2.75) is 84.5 Å². The van der Waals surface area contributed by atoms with Gasteiger partial charge in [0.1, 0.15) is 5.52 Å². The van der Waals surface area contributed by atoms with Gasteiger partial charge >= 0.3 is 0 Å². The van der Waals surface area contributed by atoms with Crippen LogP contribution in [-0.2, 0) is 7.05 Å². The molecule has 4 rings (SSSR count). The van der Waals surface area contributed by atoms with Crippen LogP contribution in [0.25, 0.3) is 11.0 Å². The molecule has 0 aliphatic carbocycles. The minimum Gasteiger partial charge on any atom is -0.348 e. The first kappa shape index (κ1) is 25.0. The van der Waals surface area contributed by atoms with Crippen LogP contribution in [0.5, 0.6) is 0 Å². The van der Waals surface area contributed by atoms with Crippen LogP contribution in [0.15, 0.2) is 48.8 Å². The van der Waals surface area contributed by atoms with Crippen LogP contribution >= 0.6 is 0 Å². The highest BCUT2D eigenvalue weighted by atomic mass is 16.2. The van der Waals surface area contributed by atoms with Crippen LogP contribution in [0.3, 0.4) is 0 Å². The summed E-state index contributed by atoms with van der Waals surface area (Å²) < 4.78 is 1.98. The van der Waals surface area contributed by atoms with Crippen LogP contribution < -0.4 is 0 Å². The van der Waals surface area contributed by atoms with Crippen molar-refractivity contribution in [3.05, 3.63) is 65.5 Å². The summed E-state index contributed by atoms with van der Waals surface area (Å²) in [5.41, 5.74) is 1.24. The molecule has 1 aromatic carbocycles. The smallest absolute Gasteiger partial charge is 0.258 e. The maximum atomic E-state index is 14.5. The van der Waals surface area contributed by atoms with E-state index in [0.29, 0.717) is 16.6 Å². The van der Waals surface area contributed by atoms with Gasteiger partial charge in [0.25, 0.3) is 11.8 Å². The molecule has 6 heteroatoms. The summed E-state index contributed by atoms with van der Waals surface area (Å²) in [7, 11) is 1.95. The molecule has 0 atom stereocenters. The highest BCUT2D eigenvalue weighted by Gasteiger charge is 2.66. The second kappa shape index (κ2) is 7.67. The van der Waals surface area contributed by atoms with Gasteiger partial charge in [-0.25, -0.2) is 0 Å². The molecular weight excluding hydrogens is 436 g/mol. The number of pyridine rings is 1. The highest BCUT2D eigenvalue weighted by molar-refractivity contribution is 6.07. The van der Waals surface area contributed by atoms with Gasteiger partial charge in [0.2, 0.25) is 0 Å². The third-order valence-corrected chi connectivity index (χ3v) is 8.94. The third kappa shape index (κ3) is 3.25. The van der Waals surface area contributed by atoms with Crippen LogP contribution in [-0.4, -0.2) is 53.3 Å². The average molecular weight is 475 g/mol. The van der Waals surface area contributed by atoms with E-state index in [1.165, 1.54) is 0 Å². The van der Waals surface area contributed by atoms with Crippen molar-refractivity contribution in [1.29, 1.82) is 0 Å². The van der Waals surface area contributed by atoms with E-state index in [0.717, 1.165) is 11.1 Å². The predicted octanol–water partition coefficient (Wildman–Crippen LogP) is 5.59. The maximum Gasteiger partial charge on any atom is 0.258 e. The summed E-state index contributed by atoms with van der Waals surface area (Å²) in [4.78, 5) is 37.0. The number of hydrogen-bond donors (Lipinski definition) is 0. The molecule has 0 spiro atoms. The average Bonchev–Trinajstić information content (AvgIpc) is 3.10. The number of benzene rings is 1. The maximum absolute atomic E-state index is 14.5. The number of rotatable bonds is 2. The van der Waals surface area contributed by atoms with E-state index in [9.17, 15) is 9.59 Å². The Balaban J connectivity index is 1.91. The topological polar surface area (TPSA) is 58.4 Å². The van der Waals surface area contributed by atoms with Gasteiger partial charge < -0.3 is 14.4 Å². The Morgan fingerprint density at radius 2 is 1.23 bits per heavy atom. The zero-order chi connectivity index (χ0) is 26.1. The number of piperazine rings is 1. The molecule has 1 fully saturated rings.